The van der Waals surface area contributed by atoms with Gasteiger partial charge < -0.3 is 9.13 Å². The van der Waals surface area contributed by atoms with Gasteiger partial charge in [-0.1, -0.05) is 11.8 Å². The fourth-order valence-electron chi connectivity index (χ4n) is 2.84. The highest BCUT2D eigenvalue weighted by Crippen LogP contribution is 2.24. The monoisotopic (exact) mass is 405 g/mol. The van der Waals surface area contributed by atoms with Gasteiger partial charge in [0, 0.05) is 29.7 Å². The van der Waals surface area contributed by atoms with E-state index in [1.165, 1.54) is 23.9 Å². The van der Waals surface area contributed by atoms with Gasteiger partial charge in [-0.15, -0.1) is 10.2 Å². The lowest BCUT2D eigenvalue weighted by Crippen LogP contribution is -2.12. The first-order valence-corrected chi connectivity index (χ1v) is 10.5. The molecule has 142 valence electrons. The number of primary sulfonamides is 1. The fraction of sp³-hybridized carbons (Fsp3) is 0.235. The summed E-state index contributed by atoms with van der Waals surface area (Å²) in [6.45, 7) is 3.76. The van der Waals surface area contributed by atoms with Crippen molar-refractivity contribution in [3.63, 3.8) is 0 Å². The Morgan fingerprint density at radius 2 is 1.89 bits per heavy atom. The van der Waals surface area contributed by atoms with Crippen molar-refractivity contribution in [2.75, 3.05) is 5.75 Å². The van der Waals surface area contributed by atoms with Crippen LogP contribution in [0.25, 0.3) is 5.69 Å². The second-order valence-corrected chi connectivity index (χ2v) is 8.60. The summed E-state index contributed by atoms with van der Waals surface area (Å²) in [7, 11) is -1.92. The van der Waals surface area contributed by atoms with Gasteiger partial charge in [-0.25, -0.2) is 13.6 Å². The van der Waals surface area contributed by atoms with E-state index in [-0.39, 0.29) is 16.4 Å². The third-order valence-corrected chi connectivity index (χ3v) is 6.12. The quantitative estimate of drug-likeness (QED) is 0.495. The molecule has 0 spiro atoms. The van der Waals surface area contributed by atoms with Crippen LogP contribution in [-0.2, 0) is 17.1 Å². The smallest absolute Gasteiger partial charge is 0.238 e. The first-order valence-electron chi connectivity index (χ1n) is 8.00. The minimum absolute atomic E-state index is 0.0106. The van der Waals surface area contributed by atoms with E-state index in [1.54, 1.807) is 23.0 Å². The molecule has 0 saturated carbocycles. The Morgan fingerprint density at radius 1 is 1.22 bits per heavy atom. The molecule has 27 heavy (non-hydrogen) atoms. The molecule has 3 rings (SSSR count). The maximum atomic E-state index is 12.7. The number of carbonyl (C=O) groups excluding carboxylic acids is 1. The standard InChI is InChI=1S/C17H19N5O3S2/c1-11-8-15(16(23)9-26-17-20-19-10-21(17)3)12(2)22(11)13-4-6-14(7-5-13)27(18,24)25/h4-8,10H,9H2,1-3H3,(H2,18,24,25). The van der Waals surface area contributed by atoms with E-state index >= 15 is 0 Å². The molecule has 0 saturated heterocycles. The summed E-state index contributed by atoms with van der Waals surface area (Å²) in [6, 6.07) is 8.08. The molecule has 0 aliphatic rings. The average Bonchev–Trinajstić information content (AvgIpc) is 3.15. The Kier molecular flexibility index (Phi) is 5.22. The lowest BCUT2D eigenvalue weighted by molar-refractivity contribution is 0.102. The van der Waals surface area contributed by atoms with Gasteiger partial charge in [0.05, 0.1) is 10.6 Å². The fourth-order valence-corrected chi connectivity index (χ4v) is 4.13. The van der Waals surface area contributed by atoms with E-state index in [0.717, 1.165) is 17.1 Å². The molecule has 0 aliphatic heterocycles. The highest BCUT2D eigenvalue weighted by Gasteiger charge is 2.18. The summed E-state index contributed by atoms with van der Waals surface area (Å²) >= 11 is 1.33. The molecule has 2 aromatic heterocycles. The normalized spacial score (nSPS) is 11.7. The van der Waals surface area contributed by atoms with Crippen LogP contribution in [0.2, 0.25) is 0 Å². The number of hydrogen-bond acceptors (Lipinski definition) is 6. The van der Waals surface area contributed by atoms with Crippen LogP contribution in [0.1, 0.15) is 21.7 Å². The Labute approximate surface area is 161 Å². The Hall–Kier alpha value is -2.43. The van der Waals surface area contributed by atoms with Gasteiger partial charge in [0.25, 0.3) is 0 Å². The molecular formula is C17H19N5O3S2. The molecule has 0 unspecified atom stereocenters. The molecule has 0 radical (unpaired) electrons. The number of ketones is 1. The van der Waals surface area contributed by atoms with Crippen molar-refractivity contribution in [2.24, 2.45) is 12.2 Å². The SMILES string of the molecule is Cc1cc(C(=O)CSc2nncn2C)c(C)n1-c1ccc(S(N)(=O)=O)cc1. The lowest BCUT2D eigenvalue weighted by atomic mass is 10.2. The highest BCUT2D eigenvalue weighted by atomic mass is 32.2. The maximum absolute atomic E-state index is 12.7. The third-order valence-electron chi connectivity index (χ3n) is 4.16. The van der Waals surface area contributed by atoms with Gasteiger partial charge >= 0.3 is 0 Å². The predicted octanol–water partition coefficient (Wildman–Crippen LogP) is 1.85. The van der Waals surface area contributed by atoms with E-state index in [2.05, 4.69) is 10.2 Å². The number of aromatic nitrogens is 4. The summed E-state index contributed by atoms with van der Waals surface area (Å²) in [5.74, 6) is 0.241. The molecule has 0 amide bonds. The predicted molar refractivity (Wildman–Crippen MR) is 103 cm³/mol. The van der Waals surface area contributed by atoms with Crippen molar-refractivity contribution in [3.05, 3.63) is 53.6 Å². The molecule has 0 atom stereocenters. The molecule has 0 bridgehead atoms. The second-order valence-electron chi connectivity index (χ2n) is 6.10. The number of sulfonamides is 1. The van der Waals surface area contributed by atoms with Crippen molar-refractivity contribution >= 4 is 27.6 Å². The molecule has 2 heterocycles. The first-order chi connectivity index (χ1) is 12.7. The van der Waals surface area contributed by atoms with Crippen molar-refractivity contribution < 1.29 is 13.2 Å². The summed E-state index contributed by atoms with van der Waals surface area (Å²) < 4.78 is 26.5. The molecule has 2 N–H and O–H groups in total. The number of benzene rings is 1. The van der Waals surface area contributed by atoms with Crippen LogP contribution >= 0.6 is 11.8 Å². The minimum atomic E-state index is -3.74. The van der Waals surface area contributed by atoms with E-state index in [9.17, 15) is 13.2 Å². The van der Waals surface area contributed by atoms with E-state index in [4.69, 9.17) is 5.14 Å². The number of nitrogens with zero attached hydrogens (tertiary/aromatic N) is 4. The minimum Gasteiger partial charge on any atom is -0.318 e. The molecule has 1 aromatic carbocycles. The van der Waals surface area contributed by atoms with Gasteiger partial charge in [-0.05, 0) is 44.2 Å². The number of aryl methyl sites for hydroxylation is 2. The average molecular weight is 406 g/mol. The first kappa shape index (κ1) is 19.3. The van der Waals surface area contributed by atoms with Crippen LogP contribution < -0.4 is 5.14 Å². The number of rotatable bonds is 6. The van der Waals surface area contributed by atoms with Crippen LogP contribution in [0.4, 0.5) is 0 Å². The van der Waals surface area contributed by atoms with E-state index < -0.39 is 10.0 Å². The van der Waals surface area contributed by atoms with Crippen molar-refractivity contribution in [1.82, 2.24) is 19.3 Å². The lowest BCUT2D eigenvalue weighted by Gasteiger charge is -2.10. The Bertz CT molecular complexity index is 1100. The summed E-state index contributed by atoms with van der Waals surface area (Å²) in [6.07, 6.45) is 1.59. The zero-order chi connectivity index (χ0) is 19.8. The zero-order valence-electron chi connectivity index (χ0n) is 15.1. The molecule has 10 heteroatoms. The summed E-state index contributed by atoms with van der Waals surface area (Å²) in [5.41, 5.74) is 3.05. The molecule has 3 aromatic rings. The van der Waals surface area contributed by atoms with Crippen LogP contribution in [0.15, 0.2) is 46.7 Å². The van der Waals surface area contributed by atoms with E-state index in [0.29, 0.717) is 10.7 Å². The number of nitrogens with two attached hydrogens (primary N) is 1. The molecular weight excluding hydrogens is 386 g/mol. The topological polar surface area (TPSA) is 113 Å². The van der Waals surface area contributed by atoms with Crippen LogP contribution in [0.5, 0.6) is 0 Å². The Morgan fingerprint density at radius 3 is 2.44 bits per heavy atom. The van der Waals surface area contributed by atoms with Crippen LogP contribution in [0.3, 0.4) is 0 Å². The summed E-state index contributed by atoms with van der Waals surface area (Å²) in [4.78, 5) is 12.7. The van der Waals surface area contributed by atoms with Gasteiger partial charge in [-0.3, -0.25) is 4.79 Å². The number of carbonyl (C=O) groups is 1. The van der Waals surface area contributed by atoms with Crippen molar-refractivity contribution in [3.8, 4) is 5.69 Å². The number of Topliss-reactive ketones (excluding diaryl/α,β-unsaturated/α-hetero) is 1. The maximum Gasteiger partial charge on any atom is 0.238 e. The van der Waals surface area contributed by atoms with Gasteiger partial charge in [-0.2, -0.15) is 0 Å². The van der Waals surface area contributed by atoms with Gasteiger partial charge in [0.15, 0.2) is 10.9 Å². The number of thioether (sulfide) groups is 1. The molecule has 0 aliphatic carbocycles. The van der Waals surface area contributed by atoms with Crippen molar-refractivity contribution in [1.29, 1.82) is 0 Å². The highest BCUT2D eigenvalue weighted by molar-refractivity contribution is 7.99. The third kappa shape index (κ3) is 3.97. The van der Waals surface area contributed by atoms with Crippen molar-refractivity contribution in [2.45, 2.75) is 23.9 Å². The zero-order valence-corrected chi connectivity index (χ0v) is 16.7. The summed E-state index contributed by atoms with van der Waals surface area (Å²) in [5, 5.41) is 13.6. The van der Waals surface area contributed by atoms with Crippen LogP contribution in [-0.4, -0.2) is 39.3 Å². The number of hydrogen-bond donors (Lipinski definition) is 1. The van der Waals surface area contributed by atoms with Gasteiger partial charge in [0.1, 0.15) is 6.33 Å². The second kappa shape index (κ2) is 7.29. The Balaban J connectivity index is 1.86. The largest absolute Gasteiger partial charge is 0.318 e. The van der Waals surface area contributed by atoms with Gasteiger partial charge in [0.2, 0.25) is 10.0 Å². The van der Waals surface area contributed by atoms with Crippen LogP contribution in [0, 0.1) is 13.8 Å². The van der Waals surface area contributed by atoms with E-state index in [1.807, 2.05) is 31.5 Å². The molecule has 0 fully saturated rings. The molecule has 8 nitrogen and oxygen atoms in total.